The van der Waals surface area contributed by atoms with Gasteiger partial charge in [-0.1, -0.05) is 24.3 Å². The van der Waals surface area contributed by atoms with Crippen LogP contribution in [0.15, 0.2) is 82.8 Å². The van der Waals surface area contributed by atoms with Gasteiger partial charge in [0.1, 0.15) is 0 Å². The van der Waals surface area contributed by atoms with Gasteiger partial charge in [-0.25, -0.2) is 0 Å². The van der Waals surface area contributed by atoms with Crippen LogP contribution in [0.4, 0.5) is 22.7 Å². The van der Waals surface area contributed by atoms with Gasteiger partial charge in [0.15, 0.2) is 0 Å². The molecule has 3 aromatic rings. The molecule has 0 aliphatic rings. The highest BCUT2D eigenvalue weighted by molar-refractivity contribution is 5.86. The molecule has 3 aromatic carbocycles. The van der Waals surface area contributed by atoms with E-state index in [1.165, 1.54) is 0 Å². The smallest absolute Gasteiger partial charge is 0.0631 e. The van der Waals surface area contributed by atoms with Crippen molar-refractivity contribution in [3.63, 3.8) is 0 Å². The lowest BCUT2D eigenvalue weighted by atomic mass is 10.1. The van der Waals surface area contributed by atoms with Gasteiger partial charge in [0.05, 0.1) is 11.4 Å². The van der Waals surface area contributed by atoms with Crippen LogP contribution in [0.5, 0.6) is 0 Å². The van der Waals surface area contributed by atoms with E-state index in [9.17, 15) is 0 Å². The quantitative estimate of drug-likeness (QED) is 0.554. The molecule has 0 heterocycles. The van der Waals surface area contributed by atoms with Crippen molar-refractivity contribution in [3.05, 3.63) is 83.9 Å². The van der Waals surface area contributed by atoms with E-state index >= 15 is 0 Å². The fourth-order valence-corrected chi connectivity index (χ4v) is 2.09. The monoisotopic (exact) mass is 314 g/mol. The van der Waals surface area contributed by atoms with Crippen molar-refractivity contribution in [1.29, 1.82) is 0 Å². The van der Waals surface area contributed by atoms with Crippen LogP contribution < -0.4 is 11.5 Å². The van der Waals surface area contributed by atoms with Crippen molar-refractivity contribution in [2.75, 3.05) is 11.5 Å². The Balaban J connectivity index is 1.66. The van der Waals surface area contributed by atoms with Gasteiger partial charge >= 0.3 is 0 Å². The van der Waals surface area contributed by atoms with Crippen molar-refractivity contribution in [1.82, 2.24) is 0 Å². The molecule has 0 fully saturated rings. The first-order valence-electron chi connectivity index (χ1n) is 7.58. The molecule has 0 spiro atoms. The highest BCUT2D eigenvalue weighted by Crippen LogP contribution is 2.15. The summed E-state index contributed by atoms with van der Waals surface area (Å²) in [6.45, 7) is 0. The van der Waals surface area contributed by atoms with Crippen LogP contribution in [0.1, 0.15) is 11.1 Å². The minimum absolute atomic E-state index is 0.735. The maximum atomic E-state index is 5.66. The molecular formula is C20H18N4. The second kappa shape index (κ2) is 7.24. The minimum Gasteiger partial charge on any atom is -0.399 e. The first-order chi connectivity index (χ1) is 11.7. The van der Waals surface area contributed by atoms with Gasteiger partial charge in [0.25, 0.3) is 0 Å². The van der Waals surface area contributed by atoms with E-state index in [0.29, 0.717) is 0 Å². The predicted molar refractivity (Wildman–Crippen MR) is 103 cm³/mol. The second-order valence-corrected chi connectivity index (χ2v) is 5.37. The number of hydrogen-bond acceptors (Lipinski definition) is 4. The number of nitrogens with two attached hydrogens (primary N) is 2. The third-order valence-corrected chi connectivity index (χ3v) is 3.45. The third-order valence-electron chi connectivity index (χ3n) is 3.45. The molecule has 24 heavy (non-hydrogen) atoms. The highest BCUT2D eigenvalue weighted by atomic mass is 14.7. The van der Waals surface area contributed by atoms with E-state index in [1.54, 1.807) is 0 Å². The van der Waals surface area contributed by atoms with Gasteiger partial charge in [-0.15, -0.1) is 0 Å². The molecule has 118 valence electrons. The molecule has 0 amide bonds. The average Bonchev–Trinajstić information content (AvgIpc) is 2.62. The molecule has 0 aliphatic carbocycles. The summed E-state index contributed by atoms with van der Waals surface area (Å²) in [5.74, 6) is 0. The zero-order valence-electron chi connectivity index (χ0n) is 13.1. The highest BCUT2D eigenvalue weighted by Gasteiger charge is 1.93. The maximum Gasteiger partial charge on any atom is 0.0631 e. The molecule has 4 N–H and O–H groups in total. The lowest BCUT2D eigenvalue weighted by Crippen LogP contribution is -1.85. The summed E-state index contributed by atoms with van der Waals surface area (Å²) < 4.78 is 0. The molecule has 3 rings (SSSR count). The number of benzene rings is 3. The molecule has 0 radical (unpaired) electrons. The zero-order valence-corrected chi connectivity index (χ0v) is 13.1. The van der Waals surface area contributed by atoms with Crippen molar-refractivity contribution in [3.8, 4) is 0 Å². The summed E-state index contributed by atoms with van der Waals surface area (Å²) in [7, 11) is 0. The first kappa shape index (κ1) is 15.5. The van der Waals surface area contributed by atoms with Gasteiger partial charge < -0.3 is 11.5 Å². The van der Waals surface area contributed by atoms with Crippen molar-refractivity contribution in [2.24, 2.45) is 9.98 Å². The Morgan fingerprint density at radius 3 is 1.17 bits per heavy atom. The summed E-state index contributed by atoms with van der Waals surface area (Å²) in [4.78, 5) is 8.85. The molecule has 0 bridgehead atoms. The van der Waals surface area contributed by atoms with Crippen LogP contribution in [-0.2, 0) is 0 Å². The lowest BCUT2D eigenvalue weighted by molar-refractivity contribution is 1.51. The second-order valence-electron chi connectivity index (χ2n) is 5.37. The SMILES string of the molecule is Nc1ccc(N=Cc2ccc(C=Nc3ccc(N)cc3)cc2)cc1. The number of rotatable bonds is 4. The number of anilines is 2. The summed E-state index contributed by atoms with van der Waals surface area (Å²) in [5, 5.41) is 0. The molecule has 4 nitrogen and oxygen atoms in total. The normalized spacial score (nSPS) is 11.3. The summed E-state index contributed by atoms with van der Waals surface area (Å²) in [6.07, 6.45) is 3.65. The summed E-state index contributed by atoms with van der Waals surface area (Å²) in [6, 6.07) is 22.9. The Morgan fingerprint density at radius 1 is 0.500 bits per heavy atom. The third kappa shape index (κ3) is 4.30. The van der Waals surface area contributed by atoms with Crippen molar-refractivity contribution in [2.45, 2.75) is 0 Å². The van der Waals surface area contributed by atoms with Gasteiger partial charge in [-0.05, 0) is 59.7 Å². The van der Waals surface area contributed by atoms with Gasteiger partial charge in [0.2, 0.25) is 0 Å². The Morgan fingerprint density at radius 2 is 0.833 bits per heavy atom. The van der Waals surface area contributed by atoms with Crippen LogP contribution in [0, 0.1) is 0 Å². The van der Waals surface area contributed by atoms with Gasteiger partial charge in [0, 0.05) is 23.8 Å². The topological polar surface area (TPSA) is 76.8 Å². The number of nitrogen functional groups attached to an aromatic ring is 2. The largest absolute Gasteiger partial charge is 0.399 e. The van der Waals surface area contributed by atoms with Crippen LogP contribution in [0.3, 0.4) is 0 Å². The maximum absolute atomic E-state index is 5.66. The minimum atomic E-state index is 0.735. The fraction of sp³-hybridized carbons (Fsp3) is 0. The Labute approximate surface area is 141 Å². The molecule has 4 heteroatoms. The summed E-state index contributed by atoms with van der Waals surface area (Å²) in [5.41, 5.74) is 16.6. The number of hydrogen-bond donors (Lipinski definition) is 2. The molecule has 0 aromatic heterocycles. The Bertz CT molecular complexity index is 771. The van der Waals surface area contributed by atoms with E-state index in [0.717, 1.165) is 33.9 Å². The summed E-state index contributed by atoms with van der Waals surface area (Å²) >= 11 is 0. The lowest BCUT2D eigenvalue weighted by Gasteiger charge is -1.98. The van der Waals surface area contributed by atoms with E-state index < -0.39 is 0 Å². The molecule has 0 atom stereocenters. The molecule has 0 aliphatic heterocycles. The van der Waals surface area contributed by atoms with Crippen molar-refractivity contribution >= 4 is 35.2 Å². The van der Waals surface area contributed by atoms with Crippen molar-refractivity contribution < 1.29 is 0 Å². The first-order valence-corrected chi connectivity index (χ1v) is 7.58. The predicted octanol–water partition coefficient (Wildman–Crippen LogP) is 4.35. The average molecular weight is 314 g/mol. The van der Waals surface area contributed by atoms with Crippen LogP contribution in [-0.4, -0.2) is 12.4 Å². The van der Waals surface area contributed by atoms with Crippen LogP contribution in [0.25, 0.3) is 0 Å². The number of nitrogens with zero attached hydrogens (tertiary/aromatic N) is 2. The number of aliphatic imine (C=N–C) groups is 2. The molecule has 0 saturated carbocycles. The standard InChI is InChI=1S/C20H18N4/c21-17-5-9-19(10-6-17)23-13-15-1-2-16(4-3-15)14-24-20-11-7-18(22)8-12-20/h1-14H,21-22H2. The molecule has 0 saturated heterocycles. The van der Waals surface area contributed by atoms with Gasteiger partial charge in [-0.2, -0.15) is 0 Å². The van der Waals surface area contributed by atoms with Crippen LogP contribution >= 0.6 is 0 Å². The fourth-order valence-electron chi connectivity index (χ4n) is 2.09. The molecule has 0 unspecified atom stereocenters. The van der Waals surface area contributed by atoms with E-state index in [1.807, 2.05) is 85.2 Å². The van der Waals surface area contributed by atoms with E-state index in [-0.39, 0.29) is 0 Å². The zero-order chi connectivity index (χ0) is 16.8. The Hall–Kier alpha value is -3.40. The molecular weight excluding hydrogens is 296 g/mol. The van der Waals surface area contributed by atoms with Crippen LogP contribution in [0.2, 0.25) is 0 Å². The Kier molecular flexibility index (Phi) is 4.68. The van der Waals surface area contributed by atoms with E-state index in [4.69, 9.17) is 11.5 Å². The van der Waals surface area contributed by atoms with Gasteiger partial charge in [-0.3, -0.25) is 9.98 Å². The van der Waals surface area contributed by atoms with E-state index in [2.05, 4.69) is 9.98 Å².